The second kappa shape index (κ2) is 5.68. The van der Waals surface area contributed by atoms with Crippen molar-refractivity contribution < 1.29 is 4.39 Å². The Hall–Kier alpha value is -1.12. The molecular formula is C13H15BrFN3. The summed E-state index contributed by atoms with van der Waals surface area (Å²) in [5.74, 6) is -0.387. The molecule has 1 saturated heterocycles. The average Bonchev–Trinajstić information content (AvgIpc) is 2.35. The predicted molar refractivity (Wildman–Crippen MR) is 73.0 cm³/mol. The van der Waals surface area contributed by atoms with Crippen molar-refractivity contribution >= 4 is 21.6 Å². The molecule has 1 aliphatic rings. The summed E-state index contributed by atoms with van der Waals surface area (Å²) in [5, 5.41) is 12.0. The Morgan fingerprint density at radius 2 is 2.33 bits per heavy atom. The van der Waals surface area contributed by atoms with Crippen molar-refractivity contribution in [2.45, 2.75) is 18.9 Å². The number of piperidine rings is 1. The zero-order chi connectivity index (χ0) is 13.1. The van der Waals surface area contributed by atoms with Gasteiger partial charge in [0.05, 0.1) is 15.7 Å². The Labute approximate surface area is 115 Å². The maximum atomic E-state index is 14.0. The molecule has 0 aliphatic carbocycles. The van der Waals surface area contributed by atoms with Gasteiger partial charge in [0.15, 0.2) is 5.82 Å². The van der Waals surface area contributed by atoms with Crippen LogP contribution in [-0.4, -0.2) is 31.1 Å². The molecule has 96 valence electrons. The lowest BCUT2D eigenvalue weighted by Gasteiger charge is -2.31. The molecule has 1 heterocycles. The molecule has 1 aliphatic heterocycles. The predicted octanol–water partition coefficient (Wildman–Crippen LogP) is 2.97. The van der Waals surface area contributed by atoms with Gasteiger partial charge in [-0.3, -0.25) is 0 Å². The maximum absolute atomic E-state index is 14.0. The fourth-order valence-corrected chi connectivity index (χ4v) is 2.69. The molecule has 0 bridgehead atoms. The maximum Gasteiger partial charge on any atom is 0.161 e. The summed E-state index contributed by atoms with van der Waals surface area (Å²) in [6.07, 6.45) is 2.16. The number of halogens is 2. The molecule has 3 nitrogen and oxygen atoms in total. The zero-order valence-electron chi connectivity index (χ0n) is 10.2. The molecule has 0 radical (unpaired) electrons. The first-order valence-electron chi connectivity index (χ1n) is 5.95. The Morgan fingerprint density at radius 3 is 3.00 bits per heavy atom. The molecule has 0 amide bonds. The Bertz CT molecular complexity index is 484. The smallest absolute Gasteiger partial charge is 0.161 e. The lowest BCUT2D eigenvalue weighted by Crippen LogP contribution is -2.39. The number of likely N-dealkylation sites (N-methyl/N-ethyl adjacent to an activating group) is 1. The highest BCUT2D eigenvalue weighted by atomic mass is 79.9. The van der Waals surface area contributed by atoms with Gasteiger partial charge in [0.25, 0.3) is 0 Å². The van der Waals surface area contributed by atoms with Crippen LogP contribution in [0.4, 0.5) is 10.1 Å². The Kier molecular flexibility index (Phi) is 4.20. The first kappa shape index (κ1) is 13.3. The normalized spacial score (nSPS) is 20.4. The molecule has 5 heteroatoms. The van der Waals surface area contributed by atoms with Gasteiger partial charge in [-0.25, -0.2) is 4.39 Å². The third kappa shape index (κ3) is 2.82. The van der Waals surface area contributed by atoms with Crippen LogP contribution in [0.3, 0.4) is 0 Å². The molecule has 2 rings (SSSR count). The summed E-state index contributed by atoms with van der Waals surface area (Å²) >= 11 is 3.12. The number of nitrogens with zero attached hydrogens (tertiary/aromatic N) is 2. The van der Waals surface area contributed by atoms with Gasteiger partial charge in [0.1, 0.15) is 6.07 Å². The minimum Gasteiger partial charge on any atom is -0.379 e. The number of hydrogen-bond donors (Lipinski definition) is 1. The standard InChI is InChI=1S/C13H15BrFN3/c1-18-6-2-3-10(8-18)17-11-5-4-9(7-16)12(14)13(11)15/h4-5,10,17H,2-3,6,8H2,1H3. The van der Waals surface area contributed by atoms with Gasteiger partial charge < -0.3 is 10.2 Å². The molecule has 1 N–H and O–H groups in total. The van der Waals surface area contributed by atoms with Gasteiger partial charge in [-0.15, -0.1) is 0 Å². The van der Waals surface area contributed by atoms with Crippen LogP contribution in [0.2, 0.25) is 0 Å². The summed E-state index contributed by atoms with van der Waals surface area (Å²) in [6.45, 7) is 2.01. The van der Waals surface area contributed by atoms with E-state index in [9.17, 15) is 4.39 Å². The van der Waals surface area contributed by atoms with E-state index in [1.165, 1.54) is 0 Å². The number of nitriles is 1. The van der Waals surface area contributed by atoms with Gasteiger partial charge in [-0.1, -0.05) is 0 Å². The van der Waals surface area contributed by atoms with Crippen molar-refractivity contribution in [3.05, 3.63) is 28.0 Å². The minimum absolute atomic E-state index is 0.235. The number of nitrogens with one attached hydrogen (secondary N) is 1. The van der Waals surface area contributed by atoms with Crippen LogP contribution in [0.25, 0.3) is 0 Å². The van der Waals surface area contributed by atoms with Crippen LogP contribution in [-0.2, 0) is 0 Å². The first-order valence-corrected chi connectivity index (χ1v) is 6.74. The van der Waals surface area contributed by atoms with Crippen molar-refractivity contribution in [1.82, 2.24) is 4.90 Å². The molecular weight excluding hydrogens is 297 g/mol. The van der Waals surface area contributed by atoms with Crippen LogP contribution in [0.15, 0.2) is 16.6 Å². The van der Waals surface area contributed by atoms with Crippen LogP contribution in [0.5, 0.6) is 0 Å². The van der Waals surface area contributed by atoms with Crippen molar-refractivity contribution in [2.24, 2.45) is 0 Å². The van der Waals surface area contributed by atoms with Gasteiger partial charge >= 0.3 is 0 Å². The van der Waals surface area contributed by atoms with Gasteiger partial charge in [-0.2, -0.15) is 5.26 Å². The van der Waals surface area contributed by atoms with E-state index in [1.807, 2.05) is 6.07 Å². The number of likely N-dealkylation sites (tertiary alicyclic amines) is 1. The lowest BCUT2D eigenvalue weighted by molar-refractivity contribution is 0.260. The van der Waals surface area contributed by atoms with E-state index in [1.54, 1.807) is 12.1 Å². The minimum atomic E-state index is -0.387. The molecule has 1 atom stereocenters. The monoisotopic (exact) mass is 311 g/mol. The third-order valence-corrected chi connectivity index (χ3v) is 3.96. The van der Waals surface area contributed by atoms with E-state index in [-0.39, 0.29) is 16.3 Å². The average molecular weight is 312 g/mol. The summed E-state index contributed by atoms with van der Waals surface area (Å²) in [4.78, 5) is 2.23. The molecule has 0 spiro atoms. The second-order valence-corrected chi connectivity index (χ2v) is 5.44. The van der Waals surface area contributed by atoms with Gasteiger partial charge in [-0.05, 0) is 54.5 Å². The van der Waals surface area contributed by atoms with Crippen LogP contribution in [0.1, 0.15) is 18.4 Å². The molecule has 1 aromatic rings. The summed E-state index contributed by atoms with van der Waals surface area (Å²) in [5.41, 5.74) is 0.778. The van der Waals surface area contributed by atoms with E-state index in [0.717, 1.165) is 25.9 Å². The summed E-state index contributed by atoms with van der Waals surface area (Å²) in [7, 11) is 2.07. The zero-order valence-corrected chi connectivity index (χ0v) is 11.8. The Balaban J connectivity index is 2.15. The molecule has 0 aromatic heterocycles. The highest BCUT2D eigenvalue weighted by molar-refractivity contribution is 9.10. The van der Waals surface area contributed by atoms with Gasteiger partial charge in [0, 0.05) is 12.6 Å². The molecule has 1 fully saturated rings. The Morgan fingerprint density at radius 1 is 1.56 bits per heavy atom. The number of anilines is 1. The third-order valence-electron chi connectivity index (χ3n) is 3.19. The molecule has 1 unspecified atom stereocenters. The van der Waals surface area contributed by atoms with Gasteiger partial charge in [0.2, 0.25) is 0 Å². The number of hydrogen-bond acceptors (Lipinski definition) is 3. The van der Waals surface area contributed by atoms with E-state index in [0.29, 0.717) is 11.3 Å². The van der Waals surface area contributed by atoms with E-state index >= 15 is 0 Å². The van der Waals surface area contributed by atoms with Crippen LogP contribution >= 0.6 is 15.9 Å². The molecule has 18 heavy (non-hydrogen) atoms. The van der Waals surface area contributed by atoms with Crippen molar-refractivity contribution in [2.75, 3.05) is 25.5 Å². The fourth-order valence-electron chi connectivity index (χ4n) is 2.25. The highest BCUT2D eigenvalue weighted by Crippen LogP contribution is 2.27. The van der Waals surface area contributed by atoms with Crippen LogP contribution in [0, 0.1) is 17.1 Å². The van der Waals surface area contributed by atoms with E-state index in [2.05, 4.69) is 33.2 Å². The number of rotatable bonds is 2. The quantitative estimate of drug-likeness (QED) is 0.912. The molecule has 1 aromatic carbocycles. The first-order chi connectivity index (χ1) is 8.61. The SMILES string of the molecule is CN1CCCC(Nc2ccc(C#N)c(Br)c2F)C1. The van der Waals surface area contributed by atoms with Crippen molar-refractivity contribution in [3.8, 4) is 6.07 Å². The second-order valence-electron chi connectivity index (χ2n) is 4.65. The lowest BCUT2D eigenvalue weighted by atomic mass is 10.1. The highest BCUT2D eigenvalue weighted by Gasteiger charge is 2.19. The van der Waals surface area contributed by atoms with E-state index < -0.39 is 0 Å². The fraction of sp³-hybridized carbons (Fsp3) is 0.462. The topological polar surface area (TPSA) is 39.1 Å². The summed E-state index contributed by atoms with van der Waals surface area (Å²) in [6, 6.07) is 5.47. The van der Waals surface area contributed by atoms with Crippen LogP contribution < -0.4 is 5.32 Å². The molecule has 0 saturated carbocycles. The largest absolute Gasteiger partial charge is 0.379 e. The van der Waals surface area contributed by atoms with Crippen molar-refractivity contribution in [1.29, 1.82) is 5.26 Å². The summed E-state index contributed by atoms with van der Waals surface area (Å²) < 4.78 is 14.3. The van der Waals surface area contributed by atoms with E-state index in [4.69, 9.17) is 5.26 Å². The number of benzene rings is 1. The van der Waals surface area contributed by atoms with Crippen molar-refractivity contribution in [3.63, 3.8) is 0 Å².